The van der Waals surface area contributed by atoms with Gasteiger partial charge in [0.15, 0.2) is 0 Å². The van der Waals surface area contributed by atoms with Crippen LogP contribution in [0.3, 0.4) is 0 Å². The Bertz CT molecular complexity index is 259. The molecule has 0 aromatic rings. The molecule has 0 saturated heterocycles. The summed E-state index contributed by atoms with van der Waals surface area (Å²) in [5, 5.41) is 0. The molecule has 82 valence electrons. The van der Waals surface area contributed by atoms with Crippen LogP contribution in [-0.2, 0) is 0 Å². The molecule has 0 fully saturated rings. The molecular weight excluding hydrogens is 185 g/mol. The molecule has 0 saturated carbocycles. The largest absolute Gasteiger partial charge is 0.409 e. The van der Waals surface area contributed by atoms with Crippen molar-refractivity contribution in [1.82, 2.24) is 4.81 Å². The van der Waals surface area contributed by atoms with Gasteiger partial charge in [-0.1, -0.05) is 26.9 Å². The van der Waals surface area contributed by atoms with Crippen molar-refractivity contribution >= 4 is 20.0 Å². The van der Waals surface area contributed by atoms with Crippen LogP contribution in [0.4, 0.5) is 0 Å². The van der Waals surface area contributed by atoms with Crippen LogP contribution in [0.5, 0.6) is 0 Å². The molecule has 3 nitrogen and oxygen atoms in total. The lowest BCUT2D eigenvalue weighted by atomic mass is 9.95. The number of hydrogen-bond donors (Lipinski definition) is 0. The Morgan fingerprint density at radius 1 is 1.60 bits per heavy atom. The SMILES string of the molecule is C=CC(=C)/N=C\N(BC)CC(C)/C=N\C. The molecule has 0 aliphatic rings. The maximum absolute atomic E-state index is 4.17. The molecule has 0 aromatic carbocycles. The number of allylic oxidation sites excluding steroid dienone is 1. The maximum Gasteiger partial charge on any atom is 0.234 e. The van der Waals surface area contributed by atoms with E-state index in [0.29, 0.717) is 11.6 Å². The number of nitrogens with zero attached hydrogens (tertiary/aromatic N) is 3. The van der Waals surface area contributed by atoms with Gasteiger partial charge in [0.2, 0.25) is 7.41 Å². The number of hydrogen-bond acceptors (Lipinski definition) is 2. The maximum atomic E-state index is 4.17. The summed E-state index contributed by atoms with van der Waals surface area (Å²) in [5.74, 6) is 0.429. The highest BCUT2D eigenvalue weighted by atomic mass is 15.1. The first kappa shape index (κ1) is 13.7. The molecule has 0 heterocycles. The lowest BCUT2D eigenvalue weighted by Crippen LogP contribution is -2.29. The second-order valence-electron chi connectivity index (χ2n) is 3.41. The third-order valence-electron chi connectivity index (χ3n) is 1.95. The molecule has 0 rings (SSSR count). The summed E-state index contributed by atoms with van der Waals surface area (Å²) in [4.78, 5) is 10.3. The van der Waals surface area contributed by atoms with Gasteiger partial charge in [0.1, 0.15) is 0 Å². The molecule has 0 N–H and O–H groups in total. The molecule has 0 amide bonds. The van der Waals surface area contributed by atoms with E-state index >= 15 is 0 Å². The van der Waals surface area contributed by atoms with E-state index < -0.39 is 0 Å². The van der Waals surface area contributed by atoms with Crippen molar-refractivity contribution in [2.45, 2.75) is 13.7 Å². The van der Waals surface area contributed by atoms with E-state index in [1.54, 1.807) is 13.1 Å². The van der Waals surface area contributed by atoms with Gasteiger partial charge in [-0.15, -0.1) is 0 Å². The minimum absolute atomic E-state index is 0.429. The molecule has 4 heteroatoms. The zero-order valence-electron chi connectivity index (χ0n) is 9.98. The van der Waals surface area contributed by atoms with Crippen LogP contribution in [0.25, 0.3) is 0 Å². The molecule has 1 unspecified atom stereocenters. The van der Waals surface area contributed by atoms with Crippen molar-refractivity contribution in [3.63, 3.8) is 0 Å². The van der Waals surface area contributed by atoms with Crippen LogP contribution in [0.15, 0.2) is 34.9 Å². The second-order valence-corrected chi connectivity index (χ2v) is 3.41. The average molecular weight is 205 g/mol. The number of rotatable bonds is 7. The van der Waals surface area contributed by atoms with Crippen molar-refractivity contribution in [2.75, 3.05) is 13.6 Å². The van der Waals surface area contributed by atoms with E-state index in [1.165, 1.54) is 0 Å². The van der Waals surface area contributed by atoms with Crippen LogP contribution in [0, 0.1) is 5.92 Å². The lowest BCUT2D eigenvalue weighted by Gasteiger charge is -2.19. The molecule has 0 aromatic heterocycles. The van der Waals surface area contributed by atoms with Gasteiger partial charge >= 0.3 is 0 Å². The molecule has 1 atom stereocenters. The lowest BCUT2D eigenvalue weighted by molar-refractivity contribution is 0.582. The molecule has 0 bridgehead atoms. The normalized spacial score (nSPS) is 13.0. The summed E-state index contributed by atoms with van der Waals surface area (Å²) in [7, 11) is 2.72. The Labute approximate surface area is 93.6 Å². The number of aliphatic imine (C=N–C) groups is 2. The van der Waals surface area contributed by atoms with Gasteiger partial charge in [0, 0.05) is 25.7 Å². The zero-order valence-corrected chi connectivity index (χ0v) is 9.98. The average Bonchev–Trinajstić information content (AvgIpc) is 2.23. The highest BCUT2D eigenvalue weighted by Gasteiger charge is 2.03. The predicted octanol–water partition coefficient (Wildman–Crippen LogP) is 1.75. The van der Waals surface area contributed by atoms with Crippen molar-refractivity contribution in [3.05, 3.63) is 24.9 Å². The van der Waals surface area contributed by atoms with Gasteiger partial charge in [-0.25, -0.2) is 4.99 Å². The van der Waals surface area contributed by atoms with Crippen molar-refractivity contribution in [2.24, 2.45) is 15.9 Å². The second kappa shape index (κ2) is 8.03. The minimum Gasteiger partial charge on any atom is -0.409 e. The Morgan fingerprint density at radius 3 is 2.73 bits per heavy atom. The van der Waals surface area contributed by atoms with Gasteiger partial charge in [0.05, 0.1) is 12.0 Å². The molecule has 0 spiro atoms. The summed E-state index contributed by atoms with van der Waals surface area (Å²) < 4.78 is 0. The highest BCUT2D eigenvalue weighted by molar-refractivity contribution is 6.33. The van der Waals surface area contributed by atoms with E-state index in [1.807, 2.05) is 12.6 Å². The summed E-state index contributed by atoms with van der Waals surface area (Å²) in [6.45, 7) is 12.5. The van der Waals surface area contributed by atoms with Crippen molar-refractivity contribution in [1.29, 1.82) is 0 Å². The summed E-state index contributed by atoms with van der Waals surface area (Å²) in [6.07, 6.45) is 5.39. The first-order valence-corrected chi connectivity index (χ1v) is 5.15. The Morgan fingerprint density at radius 2 is 2.27 bits per heavy atom. The standard InChI is InChI=1S/C11H20BN3/c1-6-11(3)14-9-15(12-4)8-10(2)7-13-5/h6-7,9-10,12H,1,3,8H2,2,4-5H3/b13-7-,14-9-. The van der Waals surface area contributed by atoms with Crippen LogP contribution in [0.2, 0.25) is 6.82 Å². The van der Waals surface area contributed by atoms with Crippen LogP contribution >= 0.6 is 0 Å². The Hall–Kier alpha value is -1.32. The fraction of sp³-hybridized carbons (Fsp3) is 0.455. The van der Waals surface area contributed by atoms with Crippen molar-refractivity contribution < 1.29 is 0 Å². The van der Waals surface area contributed by atoms with Crippen LogP contribution in [0.1, 0.15) is 6.92 Å². The predicted molar refractivity (Wildman–Crippen MR) is 71.1 cm³/mol. The smallest absolute Gasteiger partial charge is 0.234 e. The molecule has 0 radical (unpaired) electrons. The van der Waals surface area contributed by atoms with Gasteiger partial charge in [-0.2, -0.15) is 0 Å². The fourth-order valence-corrected chi connectivity index (χ4v) is 1.14. The van der Waals surface area contributed by atoms with E-state index in [-0.39, 0.29) is 0 Å². The third-order valence-corrected chi connectivity index (χ3v) is 1.95. The van der Waals surface area contributed by atoms with E-state index in [0.717, 1.165) is 14.0 Å². The molecule has 0 aliphatic heterocycles. The topological polar surface area (TPSA) is 28.0 Å². The van der Waals surface area contributed by atoms with Gasteiger partial charge < -0.3 is 9.80 Å². The third kappa shape index (κ3) is 6.72. The zero-order chi connectivity index (χ0) is 11.7. The highest BCUT2D eigenvalue weighted by Crippen LogP contribution is 1.96. The molecular formula is C11H20BN3. The van der Waals surface area contributed by atoms with Gasteiger partial charge in [-0.3, -0.25) is 0 Å². The van der Waals surface area contributed by atoms with E-state index in [9.17, 15) is 0 Å². The summed E-state index contributed by atoms with van der Waals surface area (Å²) in [5.41, 5.74) is 0.685. The molecule has 15 heavy (non-hydrogen) atoms. The van der Waals surface area contributed by atoms with Gasteiger partial charge in [-0.05, 0) is 6.08 Å². The first-order chi connectivity index (χ1) is 7.13. The first-order valence-electron chi connectivity index (χ1n) is 5.15. The quantitative estimate of drug-likeness (QED) is 0.269. The summed E-state index contributed by atoms with van der Waals surface area (Å²) in [6, 6.07) is 0. The fourth-order valence-electron chi connectivity index (χ4n) is 1.14. The Balaban J connectivity index is 4.19. The van der Waals surface area contributed by atoms with Gasteiger partial charge in [0.25, 0.3) is 0 Å². The minimum atomic E-state index is 0.429. The molecule has 0 aliphatic carbocycles. The van der Waals surface area contributed by atoms with Crippen LogP contribution < -0.4 is 0 Å². The van der Waals surface area contributed by atoms with E-state index in [4.69, 9.17) is 0 Å². The monoisotopic (exact) mass is 205 g/mol. The Kier molecular flexibility index (Phi) is 7.33. The summed E-state index contributed by atoms with van der Waals surface area (Å²) >= 11 is 0. The van der Waals surface area contributed by atoms with Crippen LogP contribution in [-0.4, -0.2) is 38.4 Å². The van der Waals surface area contributed by atoms with E-state index in [2.05, 4.69) is 41.7 Å². The van der Waals surface area contributed by atoms with Crippen molar-refractivity contribution in [3.8, 4) is 0 Å².